The molecule has 0 bridgehead atoms. The molecule has 0 saturated carbocycles. The number of pyridine rings is 1. The number of fused-ring (bicyclic) bond motifs is 1. The topological polar surface area (TPSA) is 36.4 Å². The van der Waals surface area contributed by atoms with Crippen molar-refractivity contribution in [1.82, 2.24) is 9.88 Å². The molecule has 2 heterocycles. The number of aromatic nitrogens is 1. The minimum absolute atomic E-state index is 0.0637. The summed E-state index contributed by atoms with van der Waals surface area (Å²) in [7, 11) is 0. The molecule has 0 amide bonds. The Balaban J connectivity index is 1.46. The van der Waals surface area contributed by atoms with E-state index in [1.807, 2.05) is 30.4 Å². The molecule has 1 aromatic heterocycles. The van der Waals surface area contributed by atoms with E-state index in [1.165, 1.54) is 17.7 Å². The van der Waals surface area contributed by atoms with Crippen molar-refractivity contribution >= 4 is 40.2 Å². The largest absolute Gasteiger partial charge is 0.504 e. The van der Waals surface area contributed by atoms with E-state index in [2.05, 4.69) is 16.0 Å². The summed E-state index contributed by atoms with van der Waals surface area (Å²) in [6.07, 6.45) is 7.03. The lowest BCUT2D eigenvalue weighted by atomic mass is 10.1. The van der Waals surface area contributed by atoms with Gasteiger partial charge in [0.25, 0.3) is 0 Å². The zero-order valence-electron chi connectivity index (χ0n) is 15.6. The second kappa shape index (κ2) is 8.54. The summed E-state index contributed by atoms with van der Waals surface area (Å²) in [6, 6.07) is 11.9. The minimum atomic E-state index is -0.199. The molecule has 1 aliphatic rings. The average molecular weight is 429 g/mol. The van der Waals surface area contributed by atoms with Gasteiger partial charge in [0.15, 0.2) is 5.75 Å². The highest BCUT2D eigenvalue weighted by Crippen LogP contribution is 2.36. The van der Waals surface area contributed by atoms with Crippen LogP contribution in [0.4, 0.5) is 4.39 Å². The van der Waals surface area contributed by atoms with Crippen molar-refractivity contribution in [3.8, 4) is 5.75 Å². The Labute approximate surface area is 178 Å². The Morgan fingerprint density at radius 2 is 1.97 bits per heavy atom. The molecule has 29 heavy (non-hydrogen) atoms. The first-order valence-electron chi connectivity index (χ1n) is 9.31. The Morgan fingerprint density at radius 3 is 2.72 bits per heavy atom. The molecule has 0 aliphatic carbocycles. The third-order valence-corrected chi connectivity index (χ3v) is 5.57. The van der Waals surface area contributed by atoms with Gasteiger partial charge >= 0.3 is 0 Å². The standard InChI is InChI=1S/C23H19Cl2FN2O/c24-20-13-21(25)23(29)22-19(20)7-6-18(27-22)5-4-15-8-10-28(11-9-15)14-16-2-1-3-17(26)12-16/h1-8,12-13,29H,9-11,14H2/b5-4+. The molecular formula is C23H19Cl2FN2O. The third kappa shape index (κ3) is 4.61. The first-order chi connectivity index (χ1) is 14.0. The van der Waals surface area contributed by atoms with Crippen LogP contribution in [0.2, 0.25) is 10.0 Å². The van der Waals surface area contributed by atoms with E-state index in [0.717, 1.165) is 31.6 Å². The van der Waals surface area contributed by atoms with E-state index >= 15 is 0 Å². The van der Waals surface area contributed by atoms with E-state index < -0.39 is 0 Å². The molecule has 2 aromatic carbocycles. The summed E-state index contributed by atoms with van der Waals surface area (Å²) >= 11 is 12.2. The third-order valence-electron chi connectivity index (χ3n) is 4.97. The number of phenols is 1. The lowest BCUT2D eigenvalue weighted by molar-refractivity contribution is 0.287. The number of halogens is 3. The van der Waals surface area contributed by atoms with E-state index in [0.29, 0.717) is 21.6 Å². The van der Waals surface area contributed by atoms with Gasteiger partial charge in [-0.05, 0) is 54.0 Å². The Morgan fingerprint density at radius 1 is 1.10 bits per heavy atom. The van der Waals surface area contributed by atoms with Crippen LogP contribution in [0.3, 0.4) is 0 Å². The summed E-state index contributed by atoms with van der Waals surface area (Å²) in [5, 5.41) is 11.5. The van der Waals surface area contributed by atoms with Crippen molar-refractivity contribution in [1.29, 1.82) is 0 Å². The first-order valence-corrected chi connectivity index (χ1v) is 10.1. The number of benzene rings is 2. The van der Waals surface area contributed by atoms with Crippen molar-refractivity contribution in [3.63, 3.8) is 0 Å². The van der Waals surface area contributed by atoms with Crippen LogP contribution < -0.4 is 0 Å². The van der Waals surface area contributed by atoms with Gasteiger partial charge in [-0.25, -0.2) is 9.37 Å². The fourth-order valence-corrected chi connectivity index (χ4v) is 3.93. The number of phenolic OH excluding ortho intramolecular Hbond substituents is 1. The van der Waals surface area contributed by atoms with Crippen molar-refractivity contribution < 1.29 is 9.50 Å². The average Bonchev–Trinajstić information content (AvgIpc) is 2.71. The van der Waals surface area contributed by atoms with Gasteiger partial charge < -0.3 is 5.11 Å². The van der Waals surface area contributed by atoms with Crippen LogP contribution in [0, 0.1) is 5.82 Å². The Kier molecular flexibility index (Phi) is 5.86. The predicted octanol–water partition coefficient (Wildman–Crippen LogP) is 6.23. The normalized spacial score (nSPS) is 15.2. The van der Waals surface area contributed by atoms with Gasteiger partial charge in [-0.1, -0.05) is 47.5 Å². The molecule has 0 saturated heterocycles. The molecule has 3 nitrogen and oxygen atoms in total. The van der Waals surface area contributed by atoms with Gasteiger partial charge in [-0.2, -0.15) is 0 Å². The van der Waals surface area contributed by atoms with Gasteiger partial charge in [0.1, 0.15) is 11.3 Å². The fourth-order valence-electron chi connectivity index (χ4n) is 3.42. The monoisotopic (exact) mass is 428 g/mol. The molecule has 4 rings (SSSR count). The number of hydrogen-bond donors (Lipinski definition) is 1. The lowest BCUT2D eigenvalue weighted by Crippen LogP contribution is -2.28. The number of rotatable bonds is 4. The Bertz CT molecular complexity index is 1130. The first kappa shape index (κ1) is 19.9. The maximum atomic E-state index is 13.3. The van der Waals surface area contributed by atoms with E-state index in [9.17, 15) is 9.50 Å². The quantitative estimate of drug-likeness (QED) is 0.534. The summed E-state index contributed by atoms with van der Waals surface area (Å²) in [5.41, 5.74) is 3.31. The molecular weight excluding hydrogens is 410 g/mol. The van der Waals surface area contributed by atoms with Crippen molar-refractivity contribution in [2.45, 2.75) is 13.0 Å². The zero-order chi connectivity index (χ0) is 20.4. The van der Waals surface area contributed by atoms with Crippen LogP contribution in [0.1, 0.15) is 17.7 Å². The molecule has 0 atom stereocenters. The molecule has 0 unspecified atom stereocenters. The summed E-state index contributed by atoms with van der Waals surface area (Å²) in [4.78, 5) is 6.76. The fraction of sp³-hybridized carbons (Fsp3) is 0.174. The van der Waals surface area contributed by atoms with E-state index in [-0.39, 0.29) is 16.6 Å². The van der Waals surface area contributed by atoms with E-state index in [1.54, 1.807) is 12.1 Å². The van der Waals surface area contributed by atoms with Gasteiger partial charge in [-0.15, -0.1) is 0 Å². The van der Waals surface area contributed by atoms with E-state index in [4.69, 9.17) is 23.2 Å². The molecule has 3 aromatic rings. The second-order valence-corrected chi connectivity index (χ2v) is 7.86. The second-order valence-electron chi connectivity index (χ2n) is 7.05. The maximum Gasteiger partial charge on any atom is 0.160 e. The highest BCUT2D eigenvalue weighted by molar-refractivity contribution is 6.39. The van der Waals surface area contributed by atoms with Crippen LogP contribution in [0.25, 0.3) is 17.0 Å². The molecule has 1 aliphatic heterocycles. The van der Waals surface area contributed by atoms with Gasteiger partial charge in [0, 0.05) is 25.0 Å². The van der Waals surface area contributed by atoms with Gasteiger partial charge in [0.05, 0.1) is 15.7 Å². The molecule has 148 valence electrons. The molecule has 0 fully saturated rings. The SMILES string of the molecule is Oc1c(Cl)cc(Cl)c2ccc(/C=C/C3=CCN(Cc4cccc(F)c4)CC3)nc12. The number of aromatic hydroxyl groups is 1. The molecule has 6 heteroatoms. The van der Waals surface area contributed by atoms with Crippen LogP contribution in [-0.4, -0.2) is 28.1 Å². The van der Waals surface area contributed by atoms with Crippen molar-refractivity contribution in [2.24, 2.45) is 0 Å². The smallest absolute Gasteiger partial charge is 0.160 e. The zero-order valence-corrected chi connectivity index (χ0v) is 17.1. The van der Waals surface area contributed by atoms with Gasteiger partial charge in [-0.3, -0.25) is 4.90 Å². The van der Waals surface area contributed by atoms with Crippen molar-refractivity contribution in [2.75, 3.05) is 13.1 Å². The van der Waals surface area contributed by atoms with Crippen LogP contribution in [0.15, 0.2) is 60.2 Å². The molecule has 0 radical (unpaired) electrons. The van der Waals surface area contributed by atoms with Crippen LogP contribution in [-0.2, 0) is 6.54 Å². The summed E-state index contributed by atoms with van der Waals surface area (Å²) < 4.78 is 13.3. The number of nitrogens with zero attached hydrogens (tertiary/aromatic N) is 2. The predicted molar refractivity (Wildman–Crippen MR) is 117 cm³/mol. The Hall–Kier alpha value is -2.40. The van der Waals surface area contributed by atoms with Crippen molar-refractivity contribution in [3.05, 3.63) is 87.3 Å². The highest BCUT2D eigenvalue weighted by Gasteiger charge is 2.12. The van der Waals surface area contributed by atoms with Crippen LogP contribution >= 0.6 is 23.2 Å². The van der Waals surface area contributed by atoms with Crippen LogP contribution in [0.5, 0.6) is 5.75 Å². The molecule has 0 spiro atoms. The maximum absolute atomic E-state index is 13.3. The summed E-state index contributed by atoms with van der Waals surface area (Å²) in [5.74, 6) is -0.263. The lowest BCUT2D eigenvalue weighted by Gasteiger charge is -2.25. The number of allylic oxidation sites excluding steroid dienone is 1. The highest BCUT2D eigenvalue weighted by atomic mass is 35.5. The summed E-state index contributed by atoms with van der Waals surface area (Å²) in [6.45, 7) is 2.45. The minimum Gasteiger partial charge on any atom is -0.504 e. The molecule has 1 N–H and O–H groups in total. The van der Waals surface area contributed by atoms with Gasteiger partial charge in [0.2, 0.25) is 0 Å². The number of hydrogen-bond acceptors (Lipinski definition) is 3.